The van der Waals surface area contributed by atoms with Gasteiger partial charge < -0.3 is 10.2 Å². The van der Waals surface area contributed by atoms with Crippen molar-refractivity contribution in [2.75, 3.05) is 13.6 Å². The van der Waals surface area contributed by atoms with Crippen LogP contribution in [0.25, 0.3) is 0 Å². The molecule has 86 valence electrons. The molecule has 0 fully saturated rings. The molecule has 0 bridgehead atoms. The van der Waals surface area contributed by atoms with E-state index in [9.17, 15) is 0 Å². The fourth-order valence-corrected chi connectivity index (χ4v) is 1.67. The summed E-state index contributed by atoms with van der Waals surface area (Å²) in [5, 5.41) is 0. The van der Waals surface area contributed by atoms with Gasteiger partial charge in [0.25, 0.3) is 0 Å². The van der Waals surface area contributed by atoms with Crippen LogP contribution in [-0.2, 0) is 6.54 Å². The predicted molar refractivity (Wildman–Crippen MR) is 62.5 cm³/mol. The van der Waals surface area contributed by atoms with Crippen molar-refractivity contribution in [3.05, 3.63) is 24.2 Å². The average Bonchev–Trinajstić information content (AvgIpc) is 2.68. The van der Waals surface area contributed by atoms with Gasteiger partial charge in [0.1, 0.15) is 0 Å². The molecule has 2 N–H and O–H groups in total. The van der Waals surface area contributed by atoms with E-state index >= 15 is 0 Å². The third kappa shape index (κ3) is 2.61. The lowest BCUT2D eigenvalue weighted by Crippen LogP contribution is -2.53. The summed E-state index contributed by atoms with van der Waals surface area (Å²) in [7, 11) is 2.11. The predicted octanol–water partition coefficient (Wildman–Crippen LogP) is 2.08. The van der Waals surface area contributed by atoms with Gasteiger partial charge in [-0.3, -0.25) is 4.90 Å². The van der Waals surface area contributed by atoms with Crippen molar-refractivity contribution in [1.29, 1.82) is 0 Å². The molecule has 1 aromatic heterocycles. The van der Waals surface area contributed by atoms with Crippen LogP contribution >= 0.6 is 0 Å². The Balaban J connectivity index is 2.69. The first-order valence-corrected chi connectivity index (χ1v) is 5.43. The second-order valence-electron chi connectivity index (χ2n) is 4.70. The number of likely N-dealkylation sites (N-methyl/N-ethyl adjacent to an activating group) is 1. The molecule has 1 unspecified atom stereocenters. The van der Waals surface area contributed by atoms with E-state index in [1.165, 1.54) is 5.56 Å². The lowest BCUT2D eigenvalue weighted by atomic mass is 9.87. The monoisotopic (exact) mass is 210 g/mol. The maximum atomic E-state index is 5.87. The van der Waals surface area contributed by atoms with E-state index in [1.807, 2.05) is 6.07 Å². The maximum Gasteiger partial charge on any atom is 0.0947 e. The van der Waals surface area contributed by atoms with E-state index in [0.29, 0.717) is 12.5 Å². The van der Waals surface area contributed by atoms with Gasteiger partial charge in [-0.25, -0.2) is 0 Å². The van der Waals surface area contributed by atoms with Crippen LogP contribution < -0.4 is 5.73 Å². The molecule has 1 heterocycles. The lowest BCUT2D eigenvalue weighted by molar-refractivity contribution is 0.0876. The van der Waals surface area contributed by atoms with Crippen LogP contribution in [0.4, 0.5) is 0 Å². The molecule has 1 aromatic rings. The van der Waals surface area contributed by atoms with Gasteiger partial charge in [-0.05, 0) is 26.0 Å². The quantitative estimate of drug-likeness (QED) is 0.809. The second-order valence-corrected chi connectivity index (χ2v) is 4.70. The van der Waals surface area contributed by atoms with Crippen molar-refractivity contribution in [3.8, 4) is 0 Å². The molecule has 1 atom stereocenters. The molecule has 3 heteroatoms. The van der Waals surface area contributed by atoms with Gasteiger partial charge in [0.2, 0.25) is 0 Å². The zero-order valence-electron chi connectivity index (χ0n) is 10.2. The van der Waals surface area contributed by atoms with Crippen LogP contribution in [0.3, 0.4) is 0 Å². The van der Waals surface area contributed by atoms with Gasteiger partial charge in [-0.2, -0.15) is 0 Å². The number of rotatable bonds is 5. The molecular weight excluding hydrogens is 188 g/mol. The molecule has 0 aliphatic rings. The Morgan fingerprint density at radius 3 is 2.60 bits per heavy atom. The van der Waals surface area contributed by atoms with E-state index < -0.39 is 0 Å². The topological polar surface area (TPSA) is 42.4 Å². The Hall–Kier alpha value is -0.800. The highest BCUT2D eigenvalue weighted by molar-refractivity contribution is 5.06. The summed E-state index contributed by atoms with van der Waals surface area (Å²) in [6.07, 6.45) is 3.49. The average molecular weight is 210 g/mol. The van der Waals surface area contributed by atoms with Crippen molar-refractivity contribution in [2.45, 2.75) is 32.9 Å². The summed E-state index contributed by atoms with van der Waals surface area (Å²) in [4.78, 5) is 2.29. The van der Waals surface area contributed by atoms with E-state index in [1.54, 1.807) is 12.5 Å². The fourth-order valence-electron chi connectivity index (χ4n) is 1.67. The van der Waals surface area contributed by atoms with Crippen molar-refractivity contribution in [1.82, 2.24) is 4.90 Å². The fraction of sp³-hybridized carbons (Fsp3) is 0.667. The summed E-state index contributed by atoms with van der Waals surface area (Å²) >= 11 is 0. The van der Waals surface area contributed by atoms with Gasteiger partial charge in [0.05, 0.1) is 12.5 Å². The van der Waals surface area contributed by atoms with Crippen LogP contribution in [0.1, 0.15) is 26.3 Å². The minimum Gasteiger partial charge on any atom is -0.472 e. The minimum absolute atomic E-state index is 0.0390. The Labute approximate surface area is 92.2 Å². The number of hydrogen-bond acceptors (Lipinski definition) is 3. The lowest BCUT2D eigenvalue weighted by Gasteiger charge is -2.41. The summed E-state index contributed by atoms with van der Waals surface area (Å²) in [5.74, 6) is 0.527. The highest BCUT2D eigenvalue weighted by atomic mass is 16.3. The van der Waals surface area contributed by atoms with Crippen LogP contribution in [-0.4, -0.2) is 24.0 Å². The molecule has 0 saturated carbocycles. The van der Waals surface area contributed by atoms with E-state index in [0.717, 1.165) is 6.54 Å². The zero-order valence-corrected chi connectivity index (χ0v) is 10.2. The number of nitrogens with zero attached hydrogens (tertiary/aromatic N) is 1. The summed E-state index contributed by atoms with van der Waals surface area (Å²) in [5.41, 5.74) is 7.10. The van der Waals surface area contributed by atoms with Crippen molar-refractivity contribution in [2.24, 2.45) is 11.7 Å². The smallest absolute Gasteiger partial charge is 0.0947 e. The van der Waals surface area contributed by atoms with Crippen LogP contribution in [0.2, 0.25) is 0 Å². The van der Waals surface area contributed by atoms with E-state index in [2.05, 4.69) is 32.7 Å². The Morgan fingerprint density at radius 2 is 2.20 bits per heavy atom. The normalized spacial score (nSPS) is 15.9. The molecule has 0 aromatic carbocycles. The summed E-state index contributed by atoms with van der Waals surface area (Å²) in [6, 6.07) is 1.99. The van der Waals surface area contributed by atoms with Gasteiger partial charge >= 0.3 is 0 Å². The summed E-state index contributed by atoms with van der Waals surface area (Å²) < 4.78 is 5.06. The molecule has 15 heavy (non-hydrogen) atoms. The number of furan rings is 1. The van der Waals surface area contributed by atoms with Gasteiger partial charge in [0, 0.05) is 24.2 Å². The molecule has 0 amide bonds. The van der Waals surface area contributed by atoms with Gasteiger partial charge in [-0.15, -0.1) is 0 Å². The third-order valence-electron chi connectivity index (χ3n) is 3.53. The molecule has 0 aliphatic heterocycles. The third-order valence-corrected chi connectivity index (χ3v) is 3.53. The van der Waals surface area contributed by atoms with Crippen LogP contribution in [0, 0.1) is 5.92 Å². The highest BCUT2D eigenvalue weighted by Gasteiger charge is 2.31. The highest BCUT2D eigenvalue weighted by Crippen LogP contribution is 2.23. The second kappa shape index (κ2) is 4.81. The SMILES string of the molecule is CC(C)C(C)(CN)N(C)Cc1ccoc1. The molecule has 0 radical (unpaired) electrons. The molecule has 3 nitrogen and oxygen atoms in total. The largest absolute Gasteiger partial charge is 0.472 e. The summed E-state index contributed by atoms with van der Waals surface area (Å²) in [6.45, 7) is 8.16. The van der Waals surface area contributed by atoms with Gasteiger partial charge in [0.15, 0.2) is 0 Å². The molecule has 1 rings (SSSR count). The van der Waals surface area contributed by atoms with Gasteiger partial charge in [-0.1, -0.05) is 13.8 Å². The maximum absolute atomic E-state index is 5.87. The molecular formula is C12H22N2O. The molecule has 0 spiro atoms. The number of hydrogen-bond donors (Lipinski definition) is 1. The van der Waals surface area contributed by atoms with Crippen molar-refractivity contribution >= 4 is 0 Å². The zero-order chi connectivity index (χ0) is 11.5. The Bertz CT molecular complexity index is 282. The standard InChI is InChI=1S/C12H22N2O/c1-10(2)12(3,9-13)14(4)7-11-5-6-15-8-11/h5-6,8,10H,7,9,13H2,1-4H3. The van der Waals surface area contributed by atoms with E-state index in [-0.39, 0.29) is 5.54 Å². The first-order valence-electron chi connectivity index (χ1n) is 5.43. The first-order chi connectivity index (χ1) is 7.00. The van der Waals surface area contributed by atoms with Crippen LogP contribution in [0.5, 0.6) is 0 Å². The van der Waals surface area contributed by atoms with Crippen LogP contribution in [0.15, 0.2) is 23.0 Å². The number of nitrogens with two attached hydrogens (primary N) is 1. The molecule has 0 aliphatic carbocycles. The first kappa shape index (κ1) is 12.3. The molecule has 0 saturated heterocycles. The Morgan fingerprint density at radius 1 is 1.53 bits per heavy atom. The van der Waals surface area contributed by atoms with Crippen molar-refractivity contribution < 1.29 is 4.42 Å². The minimum atomic E-state index is 0.0390. The van der Waals surface area contributed by atoms with Crippen molar-refractivity contribution in [3.63, 3.8) is 0 Å². The van der Waals surface area contributed by atoms with E-state index in [4.69, 9.17) is 10.2 Å². The Kier molecular flexibility index (Phi) is 3.94.